The second-order valence-electron chi connectivity index (χ2n) is 17.7. The van der Waals surface area contributed by atoms with Gasteiger partial charge in [-0.25, -0.2) is 0 Å². The average molecular weight is 881 g/mol. The number of fused-ring (bicyclic) bond motifs is 6. The van der Waals surface area contributed by atoms with Crippen molar-refractivity contribution in [2.45, 2.75) is 0 Å². The molecule has 0 aliphatic carbocycles. The van der Waals surface area contributed by atoms with Gasteiger partial charge in [0, 0.05) is 44.0 Å². The Hall–Kier alpha value is -9.18. The molecule has 0 saturated carbocycles. The van der Waals surface area contributed by atoms with Gasteiger partial charge in [-0.15, -0.1) is 0 Å². The highest BCUT2D eigenvalue weighted by molar-refractivity contribution is 6.09. The molecule has 0 saturated heterocycles. The van der Waals surface area contributed by atoms with Crippen molar-refractivity contribution >= 4 is 60.8 Å². The van der Waals surface area contributed by atoms with Crippen LogP contribution in [-0.2, 0) is 0 Å². The van der Waals surface area contributed by atoms with E-state index in [9.17, 15) is 0 Å². The number of benzene rings is 11. The van der Waals surface area contributed by atoms with Crippen LogP contribution in [0.15, 0.2) is 271 Å². The monoisotopic (exact) mass is 880 g/mol. The van der Waals surface area contributed by atoms with Gasteiger partial charge in [0.15, 0.2) is 0 Å². The van der Waals surface area contributed by atoms with E-state index < -0.39 is 0 Å². The van der Waals surface area contributed by atoms with Gasteiger partial charge in [-0.2, -0.15) is 0 Å². The molecule has 3 heteroatoms. The maximum absolute atomic E-state index is 6.43. The van der Waals surface area contributed by atoms with E-state index >= 15 is 0 Å². The Labute approximate surface area is 401 Å². The zero-order valence-corrected chi connectivity index (χ0v) is 37.7. The predicted octanol–water partition coefficient (Wildman–Crippen LogP) is 18.5. The summed E-state index contributed by atoms with van der Waals surface area (Å²) in [5, 5.41) is 4.77. The van der Waals surface area contributed by atoms with E-state index in [1.54, 1.807) is 0 Å². The van der Waals surface area contributed by atoms with Gasteiger partial charge >= 0.3 is 0 Å². The maximum atomic E-state index is 6.43. The van der Waals surface area contributed by atoms with E-state index in [0.717, 1.165) is 78.1 Å². The highest BCUT2D eigenvalue weighted by atomic mass is 16.3. The number of anilines is 3. The minimum atomic E-state index is 0.874. The number of nitrogens with zero attached hydrogens (tertiary/aromatic N) is 2. The summed E-state index contributed by atoms with van der Waals surface area (Å²) in [7, 11) is 0. The van der Waals surface area contributed by atoms with Gasteiger partial charge < -0.3 is 13.9 Å². The molecule has 0 bridgehead atoms. The molecule has 0 N–H and O–H groups in total. The summed E-state index contributed by atoms with van der Waals surface area (Å²) in [6.45, 7) is 0. The number of hydrogen-bond donors (Lipinski definition) is 0. The van der Waals surface area contributed by atoms with Crippen LogP contribution in [0.1, 0.15) is 0 Å². The Morgan fingerprint density at radius 3 is 1.35 bits per heavy atom. The standard InChI is InChI=1S/C66H44N2O/c1-2-16-45(17-3-1)50-20-15-21-51(43-50)55-22-4-9-27-61(55)67(62-28-10-5-23-56(62)52-36-41-60-59-26-8-13-31-65(59)69-66(60)44-52)53-37-32-46(33-38-53)48-18-14-19-49(42-48)47-34-39-54(40-35-47)68-63-29-11-6-24-57(63)58-25-7-12-30-64(58)68/h1-44H. The van der Waals surface area contributed by atoms with Crippen molar-refractivity contribution in [2.75, 3.05) is 4.90 Å². The van der Waals surface area contributed by atoms with Gasteiger partial charge in [0.05, 0.1) is 22.4 Å². The normalized spacial score (nSPS) is 11.5. The van der Waals surface area contributed by atoms with Crippen LogP contribution in [0.4, 0.5) is 17.1 Å². The molecule has 2 aromatic heterocycles. The van der Waals surface area contributed by atoms with Crippen molar-refractivity contribution in [3.8, 4) is 61.3 Å². The van der Waals surface area contributed by atoms with Gasteiger partial charge in [0.1, 0.15) is 11.2 Å². The summed E-state index contributed by atoms with van der Waals surface area (Å²) in [5.41, 5.74) is 20.1. The van der Waals surface area contributed by atoms with E-state index in [2.05, 4.69) is 264 Å². The molecule has 13 aromatic rings. The SMILES string of the molecule is c1ccc(-c2cccc(-c3ccccc3N(c3ccc(-c4cccc(-c5ccc(-n6c7ccccc7c7ccccc76)cc5)c4)cc3)c3ccccc3-c3ccc4c(c3)oc3ccccc34)c2)cc1. The highest BCUT2D eigenvalue weighted by Crippen LogP contribution is 2.46. The van der Waals surface area contributed by atoms with E-state index in [-0.39, 0.29) is 0 Å². The first-order valence-electron chi connectivity index (χ1n) is 23.6. The third-order valence-electron chi connectivity index (χ3n) is 13.6. The highest BCUT2D eigenvalue weighted by Gasteiger charge is 2.22. The Bertz CT molecular complexity index is 3960. The largest absolute Gasteiger partial charge is 0.456 e. The Morgan fingerprint density at radius 1 is 0.275 bits per heavy atom. The van der Waals surface area contributed by atoms with Crippen molar-refractivity contribution in [1.29, 1.82) is 0 Å². The van der Waals surface area contributed by atoms with Gasteiger partial charge in [-0.05, 0) is 123 Å². The molecular weight excluding hydrogens is 837 g/mol. The Kier molecular flexibility index (Phi) is 9.84. The van der Waals surface area contributed by atoms with Gasteiger partial charge in [-0.1, -0.05) is 188 Å². The first-order chi connectivity index (χ1) is 34.2. The van der Waals surface area contributed by atoms with E-state index in [1.807, 2.05) is 12.1 Å². The topological polar surface area (TPSA) is 21.3 Å². The van der Waals surface area contributed by atoms with Crippen LogP contribution < -0.4 is 4.90 Å². The summed E-state index contributed by atoms with van der Waals surface area (Å²) in [6.07, 6.45) is 0. The maximum Gasteiger partial charge on any atom is 0.136 e. The van der Waals surface area contributed by atoms with Gasteiger partial charge in [-0.3, -0.25) is 0 Å². The summed E-state index contributed by atoms with van der Waals surface area (Å²) in [5.74, 6) is 0. The molecule has 0 fully saturated rings. The number of furan rings is 1. The van der Waals surface area contributed by atoms with Crippen LogP contribution in [0.2, 0.25) is 0 Å². The third kappa shape index (κ3) is 7.16. The van der Waals surface area contributed by atoms with Crippen LogP contribution in [-0.4, -0.2) is 4.57 Å². The van der Waals surface area contributed by atoms with Crippen molar-refractivity contribution < 1.29 is 4.42 Å². The first-order valence-corrected chi connectivity index (χ1v) is 23.6. The van der Waals surface area contributed by atoms with Gasteiger partial charge in [0.2, 0.25) is 0 Å². The lowest BCUT2D eigenvalue weighted by atomic mass is 9.95. The smallest absolute Gasteiger partial charge is 0.136 e. The summed E-state index contributed by atoms with van der Waals surface area (Å²) >= 11 is 0. The molecule has 0 aliphatic rings. The second kappa shape index (κ2) is 16.9. The first kappa shape index (κ1) is 40.1. The molecule has 3 nitrogen and oxygen atoms in total. The molecule has 0 radical (unpaired) electrons. The second-order valence-corrected chi connectivity index (χ2v) is 17.7. The Balaban J connectivity index is 0.894. The Morgan fingerprint density at radius 2 is 0.710 bits per heavy atom. The van der Waals surface area contributed by atoms with Crippen LogP contribution in [0.5, 0.6) is 0 Å². The van der Waals surface area contributed by atoms with E-state index in [1.165, 1.54) is 44.1 Å². The number of aromatic nitrogens is 1. The van der Waals surface area contributed by atoms with Crippen LogP contribution in [0, 0.1) is 0 Å². The molecule has 0 aliphatic heterocycles. The molecule has 0 atom stereocenters. The number of rotatable bonds is 9. The number of hydrogen-bond acceptors (Lipinski definition) is 2. The minimum Gasteiger partial charge on any atom is -0.456 e. The van der Waals surface area contributed by atoms with Crippen LogP contribution in [0.3, 0.4) is 0 Å². The molecular formula is C66H44N2O. The fourth-order valence-corrected chi connectivity index (χ4v) is 10.3. The van der Waals surface area contributed by atoms with Gasteiger partial charge in [0.25, 0.3) is 0 Å². The zero-order chi connectivity index (χ0) is 45.7. The molecule has 0 spiro atoms. The molecule has 2 heterocycles. The minimum absolute atomic E-state index is 0.874. The van der Waals surface area contributed by atoms with Crippen LogP contribution in [0.25, 0.3) is 105 Å². The molecule has 0 unspecified atom stereocenters. The molecule has 13 rings (SSSR count). The third-order valence-corrected chi connectivity index (χ3v) is 13.6. The lowest BCUT2D eigenvalue weighted by molar-refractivity contribution is 0.669. The molecule has 0 amide bonds. The fraction of sp³-hybridized carbons (Fsp3) is 0. The van der Waals surface area contributed by atoms with Crippen molar-refractivity contribution in [1.82, 2.24) is 4.57 Å². The predicted molar refractivity (Wildman–Crippen MR) is 290 cm³/mol. The average Bonchev–Trinajstić information content (AvgIpc) is 3.97. The van der Waals surface area contributed by atoms with Crippen LogP contribution >= 0.6 is 0 Å². The van der Waals surface area contributed by atoms with Crippen molar-refractivity contribution in [2.24, 2.45) is 0 Å². The summed E-state index contributed by atoms with van der Waals surface area (Å²) < 4.78 is 8.80. The summed E-state index contributed by atoms with van der Waals surface area (Å²) in [6, 6.07) is 96.1. The van der Waals surface area contributed by atoms with E-state index in [0.29, 0.717) is 0 Å². The lowest BCUT2D eigenvalue weighted by Crippen LogP contribution is -2.12. The number of para-hydroxylation sites is 5. The van der Waals surface area contributed by atoms with Crippen molar-refractivity contribution in [3.05, 3.63) is 267 Å². The molecule has 11 aromatic carbocycles. The van der Waals surface area contributed by atoms with E-state index in [4.69, 9.17) is 4.42 Å². The lowest BCUT2D eigenvalue weighted by Gasteiger charge is -2.30. The zero-order valence-electron chi connectivity index (χ0n) is 37.7. The quantitative estimate of drug-likeness (QED) is 0.144. The molecule has 324 valence electrons. The molecule has 69 heavy (non-hydrogen) atoms. The van der Waals surface area contributed by atoms with Crippen molar-refractivity contribution in [3.63, 3.8) is 0 Å². The summed E-state index contributed by atoms with van der Waals surface area (Å²) in [4.78, 5) is 2.42. The fourth-order valence-electron chi connectivity index (χ4n) is 10.3.